The Labute approximate surface area is 165 Å². The van der Waals surface area contributed by atoms with Crippen LogP contribution in [-0.4, -0.2) is 35.0 Å². The Balaban J connectivity index is 1.42. The van der Waals surface area contributed by atoms with Gasteiger partial charge in [-0.05, 0) is 85.8 Å². The molecule has 0 radical (unpaired) electrons. The van der Waals surface area contributed by atoms with Gasteiger partial charge in [-0.1, -0.05) is 12.1 Å². The van der Waals surface area contributed by atoms with E-state index in [-0.39, 0.29) is 25.0 Å². The molecule has 0 spiro atoms. The zero-order valence-corrected chi connectivity index (χ0v) is 16.4. The number of carbonyl (C=O) groups excluding carboxylic acids is 2. The topological polar surface area (TPSA) is 69.6 Å². The summed E-state index contributed by atoms with van der Waals surface area (Å²) in [5, 5.41) is 12.3. The molecule has 4 fully saturated rings. The monoisotopic (exact) mass is 380 g/mol. The van der Waals surface area contributed by atoms with Gasteiger partial charge in [0.25, 0.3) is 11.8 Å². The molecule has 5 aliphatic rings. The molecule has 0 saturated heterocycles. The van der Waals surface area contributed by atoms with Crippen LogP contribution >= 0.6 is 0 Å². The van der Waals surface area contributed by atoms with Gasteiger partial charge < -0.3 is 10.4 Å². The third kappa shape index (κ3) is 2.79. The summed E-state index contributed by atoms with van der Waals surface area (Å²) in [4.78, 5) is 25.6. The molecule has 2 amide bonds. The molecule has 5 heteroatoms. The normalized spacial score (nSPS) is 33.6. The number of β-amino-alcohol motifs (C(OH)–C–C–N with tert-alkyl or cyclic N) is 1. The van der Waals surface area contributed by atoms with E-state index in [1.165, 1.54) is 50.2 Å². The van der Waals surface area contributed by atoms with E-state index in [9.17, 15) is 9.59 Å². The van der Waals surface area contributed by atoms with Gasteiger partial charge >= 0.3 is 0 Å². The van der Waals surface area contributed by atoms with E-state index in [4.69, 9.17) is 5.11 Å². The van der Waals surface area contributed by atoms with Gasteiger partial charge in [-0.3, -0.25) is 14.5 Å². The molecule has 148 valence electrons. The highest BCUT2D eigenvalue weighted by atomic mass is 16.3. The largest absolute Gasteiger partial charge is 0.395 e. The van der Waals surface area contributed by atoms with E-state index in [0.29, 0.717) is 11.1 Å². The summed E-state index contributed by atoms with van der Waals surface area (Å²) >= 11 is 0. The molecule has 1 aliphatic heterocycles. The lowest BCUT2D eigenvalue weighted by molar-refractivity contribution is -0.137. The minimum Gasteiger partial charge on any atom is -0.395 e. The number of anilines is 1. The molecule has 6 rings (SSSR count). The average molecular weight is 380 g/mol. The number of carbonyl (C=O) groups is 2. The molecule has 5 nitrogen and oxygen atoms in total. The van der Waals surface area contributed by atoms with Crippen molar-refractivity contribution in [2.75, 3.05) is 18.5 Å². The maximum absolute atomic E-state index is 12.5. The summed E-state index contributed by atoms with van der Waals surface area (Å²) < 4.78 is 0. The summed E-state index contributed by atoms with van der Waals surface area (Å²) in [5.74, 6) is 1.92. The number of nitrogens with one attached hydrogen (secondary N) is 1. The van der Waals surface area contributed by atoms with Crippen LogP contribution in [0.15, 0.2) is 30.0 Å². The number of nitrogens with zero attached hydrogens (tertiary/aromatic N) is 1. The first-order valence-electron chi connectivity index (χ1n) is 10.5. The van der Waals surface area contributed by atoms with Gasteiger partial charge in [0.05, 0.1) is 13.2 Å². The van der Waals surface area contributed by atoms with E-state index in [1.807, 2.05) is 6.92 Å². The number of rotatable bonds is 5. The van der Waals surface area contributed by atoms with Crippen LogP contribution in [0.4, 0.5) is 5.69 Å². The number of hydrogen-bond donors (Lipinski definition) is 2. The quantitative estimate of drug-likeness (QED) is 0.770. The van der Waals surface area contributed by atoms with E-state index in [0.717, 1.165) is 33.9 Å². The van der Waals surface area contributed by atoms with Crippen molar-refractivity contribution in [1.82, 2.24) is 4.90 Å². The number of amides is 2. The first kappa shape index (κ1) is 17.9. The van der Waals surface area contributed by atoms with E-state index < -0.39 is 0 Å². The minimum absolute atomic E-state index is 0.0334. The fourth-order valence-corrected chi connectivity index (χ4v) is 6.61. The molecule has 4 bridgehead atoms. The molecule has 1 aromatic carbocycles. The van der Waals surface area contributed by atoms with Crippen LogP contribution in [0, 0.1) is 24.7 Å². The Morgan fingerprint density at radius 3 is 2.36 bits per heavy atom. The van der Waals surface area contributed by atoms with Crippen molar-refractivity contribution in [3.8, 4) is 0 Å². The lowest BCUT2D eigenvalue weighted by Crippen LogP contribution is -2.48. The highest BCUT2D eigenvalue weighted by Gasteiger charge is 2.51. The fraction of sp³-hybridized carbons (Fsp3) is 0.565. The highest BCUT2D eigenvalue weighted by molar-refractivity contribution is 6.17. The van der Waals surface area contributed by atoms with Gasteiger partial charge in [0.1, 0.15) is 5.70 Å². The van der Waals surface area contributed by atoms with Gasteiger partial charge in [0.15, 0.2) is 0 Å². The fourth-order valence-electron chi connectivity index (χ4n) is 6.61. The SMILES string of the molecule is Cc1ccc(C23CC4CC(CC(C4)C2)C3)cc1NC1=CC(=O)N(CCO)C1=O. The third-order valence-corrected chi connectivity index (χ3v) is 7.49. The molecule has 0 unspecified atom stereocenters. The lowest BCUT2D eigenvalue weighted by atomic mass is 9.48. The molecule has 28 heavy (non-hydrogen) atoms. The van der Waals surface area contributed by atoms with Crippen LogP contribution in [0.2, 0.25) is 0 Å². The Morgan fingerprint density at radius 1 is 1.11 bits per heavy atom. The second-order valence-corrected chi connectivity index (χ2v) is 9.43. The van der Waals surface area contributed by atoms with Gasteiger partial charge in [0.2, 0.25) is 0 Å². The molecule has 0 aromatic heterocycles. The maximum atomic E-state index is 12.5. The Kier molecular flexibility index (Phi) is 4.13. The standard InChI is InChI=1S/C23H28N2O3/c1-14-2-3-18(23-11-15-6-16(12-23)8-17(7-15)13-23)9-19(14)24-20-10-21(27)25(4-5-26)22(20)28/h2-3,9-10,15-17,24,26H,4-8,11-13H2,1H3. The van der Waals surface area contributed by atoms with Crippen molar-refractivity contribution in [3.05, 3.63) is 41.1 Å². The number of imide groups is 1. The Hall–Kier alpha value is -2.14. The number of hydrogen-bond acceptors (Lipinski definition) is 4. The Morgan fingerprint density at radius 2 is 1.75 bits per heavy atom. The third-order valence-electron chi connectivity index (χ3n) is 7.49. The minimum atomic E-state index is -0.364. The average Bonchev–Trinajstić information content (AvgIpc) is 2.90. The van der Waals surface area contributed by atoms with E-state index in [2.05, 4.69) is 23.5 Å². The molecule has 2 N–H and O–H groups in total. The summed E-state index contributed by atoms with van der Waals surface area (Å²) in [6.45, 7) is 1.84. The van der Waals surface area contributed by atoms with Crippen molar-refractivity contribution >= 4 is 17.5 Å². The van der Waals surface area contributed by atoms with Crippen molar-refractivity contribution < 1.29 is 14.7 Å². The second-order valence-electron chi connectivity index (χ2n) is 9.43. The summed E-state index contributed by atoms with van der Waals surface area (Å²) in [7, 11) is 0. The predicted molar refractivity (Wildman–Crippen MR) is 107 cm³/mol. The van der Waals surface area contributed by atoms with Crippen molar-refractivity contribution in [3.63, 3.8) is 0 Å². The molecular formula is C23H28N2O3. The zero-order chi connectivity index (χ0) is 19.5. The van der Waals surface area contributed by atoms with Crippen LogP contribution < -0.4 is 5.32 Å². The van der Waals surface area contributed by atoms with Crippen LogP contribution in [0.1, 0.15) is 49.7 Å². The van der Waals surface area contributed by atoms with Crippen LogP contribution in [0.25, 0.3) is 0 Å². The number of benzene rings is 1. The molecule has 0 atom stereocenters. The number of aliphatic hydroxyl groups is 1. The number of aryl methyl sites for hydroxylation is 1. The molecular weight excluding hydrogens is 352 g/mol. The number of aliphatic hydroxyl groups excluding tert-OH is 1. The predicted octanol–water partition coefficient (Wildman–Crippen LogP) is 3.12. The molecule has 1 aromatic rings. The lowest BCUT2D eigenvalue weighted by Gasteiger charge is -2.57. The zero-order valence-electron chi connectivity index (χ0n) is 16.4. The van der Waals surface area contributed by atoms with Gasteiger partial charge in [-0.15, -0.1) is 0 Å². The Bertz CT molecular complexity index is 837. The van der Waals surface area contributed by atoms with Gasteiger partial charge in [-0.2, -0.15) is 0 Å². The van der Waals surface area contributed by atoms with Crippen molar-refractivity contribution in [2.45, 2.75) is 50.9 Å². The van der Waals surface area contributed by atoms with Crippen molar-refractivity contribution in [1.29, 1.82) is 0 Å². The smallest absolute Gasteiger partial charge is 0.277 e. The summed E-state index contributed by atoms with van der Waals surface area (Å²) in [6.07, 6.45) is 9.49. The first-order chi connectivity index (χ1) is 13.5. The van der Waals surface area contributed by atoms with Crippen LogP contribution in [0.3, 0.4) is 0 Å². The van der Waals surface area contributed by atoms with E-state index >= 15 is 0 Å². The van der Waals surface area contributed by atoms with Crippen LogP contribution in [-0.2, 0) is 15.0 Å². The highest BCUT2D eigenvalue weighted by Crippen LogP contribution is 2.60. The molecule has 4 aliphatic carbocycles. The van der Waals surface area contributed by atoms with Crippen LogP contribution in [0.5, 0.6) is 0 Å². The van der Waals surface area contributed by atoms with Gasteiger partial charge in [-0.25, -0.2) is 0 Å². The first-order valence-corrected chi connectivity index (χ1v) is 10.5. The van der Waals surface area contributed by atoms with Gasteiger partial charge in [0, 0.05) is 11.8 Å². The van der Waals surface area contributed by atoms with E-state index in [1.54, 1.807) is 0 Å². The molecule has 1 heterocycles. The summed E-state index contributed by atoms with van der Waals surface area (Å²) in [5.41, 5.74) is 3.96. The summed E-state index contributed by atoms with van der Waals surface area (Å²) in [6, 6.07) is 6.64. The second kappa shape index (κ2) is 6.45. The van der Waals surface area contributed by atoms with Crippen molar-refractivity contribution in [2.24, 2.45) is 17.8 Å². The maximum Gasteiger partial charge on any atom is 0.277 e. The molecule has 4 saturated carbocycles.